The third kappa shape index (κ3) is 3.47. The number of benzene rings is 1. The van der Waals surface area contributed by atoms with Crippen LogP contribution in [0.2, 0.25) is 0 Å². The van der Waals surface area contributed by atoms with E-state index in [1.807, 2.05) is 24.4 Å². The van der Waals surface area contributed by atoms with E-state index < -0.39 is 0 Å². The molecule has 3 heterocycles. The first-order valence-electron chi connectivity index (χ1n) is 9.34. The SMILES string of the molecule is CC(C)n1cccc1[C@@H]1[C@H](c2ccccn2)NC(=S)N1Cc1ccccc1. The minimum atomic E-state index is 0.0230. The monoisotopic (exact) mass is 376 g/mol. The maximum absolute atomic E-state index is 5.75. The first-order chi connectivity index (χ1) is 13.1. The van der Waals surface area contributed by atoms with Crippen LogP contribution in [0.4, 0.5) is 0 Å². The zero-order valence-corrected chi connectivity index (χ0v) is 16.4. The summed E-state index contributed by atoms with van der Waals surface area (Å²) in [6.45, 7) is 5.19. The second-order valence-corrected chi connectivity index (χ2v) is 7.56. The first kappa shape index (κ1) is 17.7. The van der Waals surface area contributed by atoms with E-state index in [1.165, 1.54) is 11.3 Å². The average Bonchev–Trinajstić information content (AvgIpc) is 3.28. The number of thiocarbonyl (C=S) groups is 1. The van der Waals surface area contributed by atoms with Crippen molar-refractivity contribution in [1.29, 1.82) is 0 Å². The lowest BCUT2D eigenvalue weighted by Gasteiger charge is -2.30. The molecule has 1 saturated heterocycles. The topological polar surface area (TPSA) is 33.1 Å². The molecule has 0 bridgehead atoms. The molecule has 0 aliphatic carbocycles. The second kappa shape index (κ2) is 7.53. The van der Waals surface area contributed by atoms with Gasteiger partial charge in [0, 0.05) is 30.7 Å². The Morgan fingerprint density at radius 1 is 1.04 bits per heavy atom. The molecule has 27 heavy (non-hydrogen) atoms. The van der Waals surface area contributed by atoms with Crippen LogP contribution in [0.1, 0.15) is 48.9 Å². The van der Waals surface area contributed by atoms with E-state index in [0.29, 0.717) is 6.04 Å². The maximum atomic E-state index is 5.75. The largest absolute Gasteiger partial charge is 0.352 e. The molecular weight excluding hydrogens is 352 g/mol. The van der Waals surface area contributed by atoms with Crippen LogP contribution in [-0.4, -0.2) is 19.6 Å². The Morgan fingerprint density at radius 2 is 1.81 bits per heavy atom. The summed E-state index contributed by atoms with van der Waals surface area (Å²) in [7, 11) is 0. The lowest BCUT2D eigenvalue weighted by atomic mass is 10.0. The standard InChI is InChI=1S/C22H24N4S/c1-16(2)25-14-8-12-19(25)21-20(18-11-6-7-13-23-18)24-22(27)26(21)15-17-9-4-3-5-10-17/h3-14,16,20-21H,15H2,1-2H3,(H,24,27)/t20-,21+/m0/s1. The van der Waals surface area contributed by atoms with Gasteiger partial charge in [0.25, 0.3) is 0 Å². The molecule has 3 aromatic rings. The molecule has 1 fully saturated rings. The predicted octanol–water partition coefficient (Wildman–Crippen LogP) is 4.64. The van der Waals surface area contributed by atoms with Gasteiger partial charge in [0.2, 0.25) is 0 Å². The molecule has 1 aliphatic heterocycles. The first-order valence-corrected chi connectivity index (χ1v) is 9.74. The molecule has 0 unspecified atom stereocenters. The van der Waals surface area contributed by atoms with Crippen molar-refractivity contribution in [2.45, 2.75) is 38.5 Å². The van der Waals surface area contributed by atoms with Crippen molar-refractivity contribution in [3.05, 3.63) is 90.0 Å². The molecule has 138 valence electrons. The Morgan fingerprint density at radius 3 is 2.52 bits per heavy atom. The van der Waals surface area contributed by atoms with E-state index in [9.17, 15) is 0 Å². The fraction of sp³-hybridized carbons (Fsp3) is 0.273. The van der Waals surface area contributed by atoms with Crippen molar-refractivity contribution >= 4 is 17.3 Å². The van der Waals surface area contributed by atoms with E-state index in [0.717, 1.165) is 17.4 Å². The Balaban J connectivity index is 1.77. The number of nitrogens with zero attached hydrogens (tertiary/aromatic N) is 3. The van der Waals surface area contributed by atoms with Crippen LogP contribution in [0, 0.1) is 0 Å². The normalized spacial score (nSPS) is 19.5. The minimum absolute atomic E-state index is 0.0230. The second-order valence-electron chi connectivity index (χ2n) is 7.17. The highest BCUT2D eigenvalue weighted by atomic mass is 32.1. The summed E-state index contributed by atoms with van der Waals surface area (Å²) >= 11 is 5.75. The van der Waals surface area contributed by atoms with Crippen molar-refractivity contribution in [2.24, 2.45) is 0 Å². The summed E-state index contributed by atoms with van der Waals surface area (Å²) in [5.74, 6) is 0. The van der Waals surface area contributed by atoms with Gasteiger partial charge in [-0.15, -0.1) is 0 Å². The van der Waals surface area contributed by atoms with Crippen LogP contribution >= 0.6 is 12.2 Å². The summed E-state index contributed by atoms with van der Waals surface area (Å²) in [6.07, 6.45) is 4.00. The molecule has 0 radical (unpaired) electrons. The van der Waals surface area contributed by atoms with Gasteiger partial charge in [0.05, 0.1) is 17.8 Å². The summed E-state index contributed by atoms with van der Waals surface area (Å²) in [5.41, 5.74) is 3.51. The van der Waals surface area contributed by atoms with E-state index in [2.05, 4.69) is 82.3 Å². The van der Waals surface area contributed by atoms with Gasteiger partial charge in [-0.2, -0.15) is 0 Å². The van der Waals surface area contributed by atoms with Crippen molar-refractivity contribution in [1.82, 2.24) is 19.8 Å². The number of pyridine rings is 1. The van der Waals surface area contributed by atoms with Crippen molar-refractivity contribution < 1.29 is 0 Å². The molecule has 2 atom stereocenters. The average molecular weight is 377 g/mol. The van der Waals surface area contributed by atoms with Crippen LogP contribution in [0.5, 0.6) is 0 Å². The molecule has 0 saturated carbocycles. The van der Waals surface area contributed by atoms with E-state index in [4.69, 9.17) is 12.2 Å². The maximum Gasteiger partial charge on any atom is 0.170 e. The zero-order valence-electron chi connectivity index (χ0n) is 15.6. The van der Waals surface area contributed by atoms with Gasteiger partial charge in [-0.25, -0.2) is 0 Å². The lowest BCUT2D eigenvalue weighted by molar-refractivity contribution is 0.293. The van der Waals surface area contributed by atoms with Crippen molar-refractivity contribution in [2.75, 3.05) is 0 Å². The molecule has 0 amide bonds. The third-order valence-electron chi connectivity index (χ3n) is 5.06. The molecule has 1 aliphatic rings. The molecule has 1 N–H and O–H groups in total. The van der Waals surface area contributed by atoms with Gasteiger partial charge in [-0.05, 0) is 55.9 Å². The zero-order chi connectivity index (χ0) is 18.8. The Hall–Kier alpha value is -2.66. The smallest absolute Gasteiger partial charge is 0.170 e. The van der Waals surface area contributed by atoms with Crippen LogP contribution in [-0.2, 0) is 6.54 Å². The van der Waals surface area contributed by atoms with Gasteiger partial charge in [0.15, 0.2) is 5.11 Å². The van der Waals surface area contributed by atoms with E-state index in [-0.39, 0.29) is 12.1 Å². The number of hydrogen-bond acceptors (Lipinski definition) is 2. The van der Waals surface area contributed by atoms with Crippen molar-refractivity contribution in [3.63, 3.8) is 0 Å². The molecular formula is C22H24N4S. The number of aromatic nitrogens is 2. The summed E-state index contributed by atoms with van der Waals surface area (Å²) in [6, 6.07) is 21.4. The van der Waals surface area contributed by atoms with E-state index >= 15 is 0 Å². The Kier molecular flexibility index (Phi) is 4.94. The van der Waals surface area contributed by atoms with Crippen LogP contribution in [0.15, 0.2) is 73.1 Å². The van der Waals surface area contributed by atoms with E-state index in [1.54, 1.807) is 0 Å². The van der Waals surface area contributed by atoms with Gasteiger partial charge < -0.3 is 14.8 Å². The Bertz CT molecular complexity index is 904. The highest BCUT2D eigenvalue weighted by molar-refractivity contribution is 7.80. The summed E-state index contributed by atoms with van der Waals surface area (Å²) < 4.78 is 2.33. The van der Waals surface area contributed by atoms with Gasteiger partial charge in [-0.3, -0.25) is 4.98 Å². The minimum Gasteiger partial charge on any atom is -0.352 e. The molecule has 1 aromatic carbocycles. The van der Waals surface area contributed by atoms with Crippen molar-refractivity contribution in [3.8, 4) is 0 Å². The molecule has 4 nitrogen and oxygen atoms in total. The molecule has 5 heteroatoms. The molecule has 4 rings (SSSR count). The van der Waals surface area contributed by atoms with Gasteiger partial charge in [-0.1, -0.05) is 36.4 Å². The quantitative estimate of drug-likeness (QED) is 0.658. The van der Waals surface area contributed by atoms with Crippen LogP contribution < -0.4 is 5.32 Å². The lowest BCUT2D eigenvalue weighted by Crippen LogP contribution is -2.30. The molecule has 2 aromatic heterocycles. The highest BCUT2D eigenvalue weighted by Gasteiger charge is 2.41. The summed E-state index contributed by atoms with van der Waals surface area (Å²) in [5, 5.41) is 4.30. The fourth-order valence-electron chi connectivity index (χ4n) is 3.81. The fourth-order valence-corrected chi connectivity index (χ4v) is 4.11. The van der Waals surface area contributed by atoms with Gasteiger partial charge in [0.1, 0.15) is 0 Å². The molecule has 0 spiro atoms. The van der Waals surface area contributed by atoms with Gasteiger partial charge >= 0.3 is 0 Å². The number of hydrogen-bond donors (Lipinski definition) is 1. The number of rotatable bonds is 5. The summed E-state index contributed by atoms with van der Waals surface area (Å²) in [4.78, 5) is 6.90. The van der Waals surface area contributed by atoms with Crippen LogP contribution in [0.25, 0.3) is 0 Å². The van der Waals surface area contributed by atoms with Crippen LogP contribution in [0.3, 0.4) is 0 Å². The predicted molar refractivity (Wildman–Crippen MR) is 112 cm³/mol. The number of nitrogens with one attached hydrogen (secondary N) is 1. The Labute approximate surface area is 165 Å². The third-order valence-corrected chi connectivity index (χ3v) is 5.42. The highest BCUT2D eigenvalue weighted by Crippen LogP contribution is 2.40.